The van der Waals surface area contributed by atoms with E-state index in [-0.39, 0.29) is 17.7 Å². The molecule has 0 bridgehead atoms. The molecule has 0 aliphatic heterocycles. The summed E-state index contributed by atoms with van der Waals surface area (Å²) in [6, 6.07) is 7.47. The van der Waals surface area contributed by atoms with Crippen LogP contribution in [-0.4, -0.2) is 30.9 Å². The highest BCUT2D eigenvalue weighted by Crippen LogP contribution is 2.31. The topological polar surface area (TPSA) is 84.2 Å². The lowest BCUT2D eigenvalue weighted by Crippen LogP contribution is -2.53. The van der Waals surface area contributed by atoms with Gasteiger partial charge in [0.05, 0.1) is 5.92 Å². The lowest BCUT2D eigenvalue weighted by Gasteiger charge is -2.37. The molecule has 1 saturated carbocycles. The summed E-state index contributed by atoms with van der Waals surface area (Å²) in [6.07, 6.45) is 4.64. The van der Waals surface area contributed by atoms with Crippen LogP contribution in [0, 0.1) is 5.92 Å². The molecule has 0 heterocycles. The van der Waals surface area contributed by atoms with Gasteiger partial charge in [0.2, 0.25) is 5.91 Å². The minimum atomic E-state index is -0.401. The number of nitrogens with one attached hydrogen (secondary N) is 2. The maximum Gasteiger partial charge on any atom is 0.251 e. The monoisotopic (exact) mass is 317 g/mol. The van der Waals surface area contributed by atoms with Crippen molar-refractivity contribution in [1.29, 1.82) is 0 Å². The Morgan fingerprint density at radius 3 is 2.83 bits per heavy atom. The third-order valence-electron chi connectivity index (χ3n) is 4.70. The molecule has 2 rings (SSSR count). The molecule has 5 heteroatoms. The molecule has 1 aliphatic carbocycles. The van der Waals surface area contributed by atoms with E-state index < -0.39 is 5.54 Å². The van der Waals surface area contributed by atoms with E-state index in [0.717, 1.165) is 31.2 Å². The number of amides is 2. The average Bonchev–Trinajstić information content (AvgIpc) is 2.53. The molecule has 5 nitrogen and oxygen atoms in total. The number of rotatable bonds is 5. The minimum absolute atomic E-state index is 0.0529. The van der Waals surface area contributed by atoms with Gasteiger partial charge in [0.25, 0.3) is 5.91 Å². The van der Waals surface area contributed by atoms with Gasteiger partial charge in [-0.05, 0) is 43.9 Å². The first-order valence-corrected chi connectivity index (χ1v) is 8.31. The molecule has 0 spiro atoms. The van der Waals surface area contributed by atoms with Crippen molar-refractivity contribution in [3.05, 3.63) is 35.4 Å². The van der Waals surface area contributed by atoms with Gasteiger partial charge < -0.3 is 16.4 Å². The van der Waals surface area contributed by atoms with Crippen molar-refractivity contribution in [2.75, 3.05) is 13.6 Å². The summed E-state index contributed by atoms with van der Waals surface area (Å²) in [5.74, 6) is -0.150. The zero-order chi connectivity index (χ0) is 16.9. The van der Waals surface area contributed by atoms with Gasteiger partial charge in [-0.25, -0.2) is 0 Å². The van der Waals surface area contributed by atoms with Crippen molar-refractivity contribution in [3.63, 3.8) is 0 Å². The Kier molecular flexibility index (Phi) is 5.77. The van der Waals surface area contributed by atoms with E-state index in [1.165, 1.54) is 0 Å². The predicted octanol–water partition coefficient (Wildman–Crippen LogP) is 1.61. The molecule has 2 unspecified atom stereocenters. The number of benzene rings is 1. The molecule has 1 fully saturated rings. The molecular formula is C18H27N3O2. The van der Waals surface area contributed by atoms with Crippen LogP contribution in [0.4, 0.5) is 0 Å². The van der Waals surface area contributed by atoms with Gasteiger partial charge in [-0.2, -0.15) is 0 Å². The van der Waals surface area contributed by atoms with Crippen molar-refractivity contribution in [2.24, 2.45) is 11.7 Å². The Bertz CT molecular complexity index is 569. The van der Waals surface area contributed by atoms with Crippen molar-refractivity contribution < 1.29 is 9.59 Å². The maximum absolute atomic E-state index is 12.4. The number of hydrogen-bond donors (Lipinski definition) is 3. The molecule has 1 aromatic rings. The van der Waals surface area contributed by atoms with Crippen LogP contribution in [0.25, 0.3) is 0 Å². The number of hydrogen-bond acceptors (Lipinski definition) is 3. The second-order valence-corrected chi connectivity index (χ2v) is 6.62. The lowest BCUT2D eigenvalue weighted by atomic mass is 9.74. The molecule has 23 heavy (non-hydrogen) atoms. The van der Waals surface area contributed by atoms with Crippen LogP contribution in [0.3, 0.4) is 0 Å². The molecule has 4 N–H and O–H groups in total. The lowest BCUT2D eigenvalue weighted by molar-refractivity contribution is -0.128. The first kappa shape index (κ1) is 17.5. The largest absolute Gasteiger partial charge is 0.355 e. The van der Waals surface area contributed by atoms with E-state index >= 15 is 0 Å². The van der Waals surface area contributed by atoms with Gasteiger partial charge >= 0.3 is 0 Å². The van der Waals surface area contributed by atoms with Crippen LogP contribution < -0.4 is 16.4 Å². The van der Waals surface area contributed by atoms with Crippen molar-refractivity contribution in [3.8, 4) is 0 Å². The van der Waals surface area contributed by atoms with E-state index in [0.29, 0.717) is 18.5 Å². The fourth-order valence-corrected chi connectivity index (χ4v) is 3.25. The molecule has 1 aliphatic rings. The third-order valence-corrected chi connectivity index (χ3v) is 4.70. The SMILES string of the molecule is CNC(=O)c1cccc(CCNC(=O)C2CCCCC2(C)N)c1. The molecule has 126 valence electrons. The van der Waals surface area contributed by atoms with E-state index in [1.54, 1.807) is 13.1 Å². The zero-order valence-electron chi connectivity index (χ0n) is 14.0. The predicted molar refractivity (Wildman–Crippen MR) is 91.1 cm³/mol. The fraction of sp³-hybridized carbons (Fsp3) is 0.556. The van der Waals surface area contributed by atoms with E-state index in [2.05, 4.69) is 10.6 Å². The summed E-state index contributed by atoms with van der Waals surface area (Å²) >= 11 is 0. The normalized spacial score (nSPS) is 24.0. The van der Waals surface area contributed by atoms with E-state index in [9.17, 15) is 9.59 Å². The van der Waals surface area contributed by atoms with Gasteiger partial charge in [-0.15, -0.1) is 0 Å². The molecular weight excluding hydrogens is 290 g/mol. The Morgan fingerprint density at radius 1 is 1.35 bits per heavy atom. The third kappa shape index (κ3) is 4.55. The first-order chi connectivity index (χ1) is 10.9. The summed E-state index contributed by atoms with van der Waals surface area (Å²) < 4.78 is 0. The summed E-state index contributed by atoms with van der Waals surface area (Å²) in [4.78, 5) is 24.0. The first-order valence-electron chi connectivity index (χ1n) is 8.31. The second kappa shape index (κ2) is 7.59. The Morgan fingerprint density at radius 2 is 2.13 bits per heavy atom. The average molecular weight is 317 g/mol. The molecule has 2 amide bonds. The van der Waals surface area contributed by atoms with Crippen LogP contribution in [0.5, 0.6) is 0 Å². The molecule has 0 radical (unpaired) electrons. The van der Waals surface area contributed by atoms with Crippen molar-refractivity contribution >= 4 is 11.8 Å². The summed E-state index contributed by atoms with van der Waals surface area (Å²) in [5.41, 5.74) is 7.54. The highest BCUT2D eigenvalue weighted by atomic mass is 16.2. The van der Waals surface area contributed by atoms with Crippen molar-refractivity contribution in [1.82, 2.24) is 10.6 Å². The van der Waals surface area contributed by atoms with Crippen LogP contribution in [0.15, 0.2) is 24.3 Å². The maximum atomic E-state index is 12.4. The van der Waals surface area contributed by atoms with Gasteiger partial charge in [0, 0.05) is 24.7 Å². The zero-order valence-corrected chi connectivity index (χ0v) is 14.0. The number of carbonyl (C=O) groups excluding carboxylic acids is 2. The standard InChI is InChI=1S/C18H27N3O2/c1-18(19)10-4-3-8-15(18)17(23)21-11-9-13-6-5-7-14(12-13)16(22)20-2/h5-7,12,15H,3-4,8-11,19H2,1-2H3,(H,20,22)(H,21,23). The smallest absolute Gasteiger partial charge is 0.251 e. The van der Waals surface area contributed by atoms with Crippen LogP contribution >= 0.6 is 0 Å². The fourth-order valence-electron chi connectivity index (χ4n) is 3.25. The van der Waals surface area contributed by atoms with Gasteiger partial charge in [0.15, 0.2) is 0 Å². The number of carbonyl (C=O) groups is 2. The van der Waals surface area contributed by atoms with Gasteiger partial charge in [-0.1, -0.05) is 25.0 Å². The summed E-state index contributed by atoms with van der Waals surface area (Å²) in [5, 5.41) is 5.61. The summed E-state index contributed by atoms with van der Waals surface area (Å²) in [7, 11) is 1.61. The minimum Gasteiger partial charge on any atom is -0.355 e. The Balaban J connectivity index is 1.87. The second-order valence-electron chi connectivity index (χ2n) is 6.62. The Labute approximate surface area is 138 Å². The highest BCUT2D eigenvalue weighted by molar-refractivity contribution is 5.94. The van der Waals surface area contributed by atoms with Crippen LogP contribution in [0.1, 0.15) is 48.5 Å². The molecule has 0 saturated heterocycles. The van der Waals surface area contributed by atoms with Gasteiger partial charge in [0.1, 0.15) is 0 Å². The van der Waals surface area contributed by atoms with E-state index in [4.69, 9.17) is 5.73 Å². The molecule has 0 aromatic heterocycles. The van der Waals surface area contributed by atoms with Crippen LogP contribution in [0.2, 0.25) is 0 Å². The highest BCUT2D eigenvalue weighted by Gasteiger charge is 2.37. The number of nitrogens with two attached hydrogens (primary N) is 1. The molecule has 1 aromatic carbocycles. The molecule has 2 atom stereocenters. The van der Waals surface area contributed by atoms with Gasteiger partial charge in [-0.3, -0.25) is 9.59 Å². The Hall–Kier alpha value is -1.88. The van der Waals surface area contributed by atoms with Crippen molar-refractivity contribution in [2.45, 2.75) is 44.6 Å². The summed E-state index contributed by atoms with van der Waals surface area (Å²) in [6.45, 7) is 2.53. The quantitative estimate of drug-likeness (QED) is 0.771. The van der Waals surface area contributed by atoms with Crippen LogP contribution in [-0.2, 0) is 11.2 Å². The van der Waals surface area contributed by atoms with E-state index in [1.807, 2.05) is 25.1 Å².